The number of hydrogen-bond donors (Lipinski definition) is 0. The van der Waals surface area contributed by atoms with Crippen LogP contribution in [0, 0.1) is 5.75 Å². The van der Waals surface area contributed by atoms with Gasteiger partial charge in [0.15, 0.2) is 0 Å². The fourth-order valence-electron chi connectivity index (χ4n) is 0. The Balaban J connectivity index is 3.85. The minimum atomic E-state index is -2.97. The van der Waals surface area contributed by atoms with E-state index >= 15 is 0 Å². The summed E-state index contributed by atoms with van der Waals surface area (Å²) < 4.78 is 19.7. The zero-order chi connectivity index (χ0) is 5.21. The lowest BCUT2D eigenvalue weighted by molar-refractivity contribution is 0.616. The average molecular weight is 172 g/mol. The number of halogens is 1. The Labute approximate surface area is 44.7 Å². The van der Waals surface area contributed by atoms with Crippen molar-refractivity contribution in [3.63, 3.8) is 0 Å². The SMILES string of the molecule is C[CH]S(=O)(=O)Br. The smallest absolute Gasteiger partial charge is 0.213 e. The van der Waals surface area contributed by atoms with Gasteiger partial charge in [-0.1, -0.05) is 0 Å². The second-order valence-electron chi connectivity index (χ2n) is 0.711. The molecule has 0 atom stereocenters. The predicted octanol–water partition coefficient (Wildman–Crippen LogP) is 0.893. The molecule has 0 heterocycles. The summed E-state index contributed by atoms with van der Waals surface area (Å²) >= 11 is 2.39. The van der Waals surface area contributed by atoms with Crippen molar-refractivity contribution in [2.45, 2.75) is 6.92 Å². The molecule has 0 bridgehead atoms. The highest BCUT2D eigenvalue weighted by Crippen LogP contribution is 2.01. The molecule has 0 aliphatic rings. The van der Waals surface area contributed by atoms with E-state index in [0.717, 1.165) is 5.75 Å². The summed E-state index contributed by atoms with van der Waals surface area (Å²) in [4.78, 5) is 0. The van der Waals surface area contributed by atoms with Gasteiger partial charge in [-0.3, -0.25) is 0 Å². The predicted molar refractivity (Wildman–Crippen MR) is 27.8 cm³/mol. The molecule has 1 radical (unpaired) electrons. The summed E-state index contributed by atoms with van der Waals surface area (Å²) in [6, 6.07) is 0. The minimum Gasteiger partial charge on any atom is -0.217 e. The van der Waals surface area contributed by atoms with Crippen molar-refractivity contribution in [3.05, 3.63) is 5.75 Å². The minimum absolute atomic E-state index is 1.08. The Bertz CT molecular complexity index is 114. The van der Waals surface area contributed by atoms with E-state index in [9.17, 15) is 8.42 Å². The molecule has 0 aliphatic heterocycles. The molecule has 0 saturated carbocycles. The van der Waals surface area contributed by atoms with Gasteiger partial charge in [0.25, 0.3) is 0 Å². The molecule has 0 spiro atoms. The van der Waals surface area contributed by atoms with E-state index in [2.05, 4.69) is 14.8 Å². The second kappa shape index (κ2) is 1.93. The highest BCUT2D eigenvalue weighted by atomic mass is 79.9. The van der Waals surface area contributed by atoms with Crippen LogP contribution in [0.1, 0.15) is 6.92 Å². The van der Waals surface area contributed by atoms with Gasteiger partial charge in [0, 0.05) is 0 Å². The van der Waals surface area contributed by atoms with E-state index < -0.39 is 8.27 Å². The van der Waals surface area contributed by atoms with Gasteiger partial charge in [0.05, 0.1) is 20.6 Å². The van der Waals surface area contributed by atoms with Crippen LogP contribution in [-0.2, 0) is 8.27 Å². The van der Waals surface area contributed by atoms with Crippen LogP contribution in [-0.4, -0.2) is 8.42 Å². The normalized spacial score (nSPS) is 11.7. The molecule has 0 unspecified atom stereocenters. The second-order valence-corrected chi connectivity index (χ2v) is 4.84. The lowest BCUT2D eigenvalue weighted by Crippen LogP contribution is -1.80. The lowest BCUT2D eigenvalue weighted by atomic mass is 11.0. The van der Waals surface area contributed by atoms with Gasteiger partial charge in [0.2, 0.25) is 8.27 Å². The zero-order valence-electron chi connectivity index (χ0n) is 3.18. The van der Waals surface area contributed by atoms with Gasteiger partial charge in [0.1, 0.15) is 0 Å². The van der Waals surface area contributed by atoms with E-state index in [1.165, 1.54) is 6.92 Å². The van der Waals surface area contributed by atoms with Crippen LogP contribution in [0.5, 0.6) is 0 Å². The molecule has 0 aromatic rings. The van der Waals surface area contributed by atoms with Gasteiger partial charge in [-0.05, 0) is 6.92 Å². The first kappa shape index (κ1) is 6.43. The third kappa shape index (κ3) is 4.43. The first-order chi connectivity index (χ1) is 2.56. The summed E-state index contributed by atoms with van der Waals surface area (Å²) in [5.74, 6) is 1.08. The topological polar surface area (TPSA) is 34.1 Å². The molecule has 0 fully saturated rings. The summed E-state index contributed by atoms with van der Waals surface area (Å²) in [6.07, 6.45) is 0. The van der Waals surface area contributed by atoms with Gasteiger partial charge in [-0.25, -0.2) is 8.42 Å². The van der Waals surface area contributed by atoms with E-state index in [1.807, 2.05) is 0 Å². The maximum atomic E-state index is 9.86. The van der Waals surface area contributed by atoms with Gasteiger partial charge in [-0.2, -0.15) is 0 Å². The fraction of sp³-hybridized carbons (Fsp3) is 0.500. The van der Waals surface area contributed by atoms with Crippen molar-refractivity contribution in [1.29, 1.82) is 0 Å². The molecule has 0 aliphatic carbocycles. The molecule has 0 aromatic heterocycles. The van der Waals surface area contributed by atoms with E-state index in [4.69, 9.17) is 0 Å². The Morgan fingerprint density at radius 3 is 1.83 bits per heavy atom. The lowest BCUT2D eigenvalue weighted by Gasteiger charge is -1.77. The Morgan fingerprint density at radius 2 is 1.83 bits per heavy atom. The van der Waals surface area contributed by atoms with Crippen LogP contribution in [0.2, 0.25) is 0 Å². The van der Waals surface area contributed by atoms with Crippen molar-refractivity contribution in [2.75, 3.05) is 0 Å². The zero-order valence-corrected chi connectivity index (χ0v) is 5.58. The average Bonchev–Trinajstić information content (AvgIpc) is 1.35. The molecular weight excluding hydrogens is 168 g/mol. The standard InChI is InChI=1S/C2H4BrO2S/c1-2-6(3,4)5/h2H,1H3. The molecule has 0 saturated heterocycles. The van der Waals surface area contributed by atoms with Crippen LogP contribution in [0.4, 0.5) is 0 Å². The molecular formula is C2H4BrO2S. The maximum Gasteiger partial charge on any atom is 0.213 e. The molecule has 4 heteroatoms. The molecule has 37 valence electrons. The van der Waals surface area contributed by atoms with Gasteiger partial charge >= 0.3 is 0 Å². The van der Waals surface area contributed by atoms with Crippen molar-refractivity contribution < 1.29 is 8.42 Å². The van der Waals surface area contributed by atoms with Gasteiger partial charge < -0.3 is 0 Å². The molecule has 0 aromatic carbocycles. The van der Waals surface area contributed by atoms with Crippen molar-refractivity contribution in [3.8, 4) is 0 Å². The fourth-order valence-corrected chi connectivity index (χ4v) is 0. The van der Waals surface area contributed by atoms with E-state index in [0.29, 0.717) is 0 Å². The summed E-state index contributed by atoms with van der Waals surface area (Å²) in [5, 5.41) is 0. The summed E-state index contributed by atoms with van der Waals surface area (Å²) in [5.41, 5.74) is 0. The monoisotopic (exact) mass is 171 g/mol. The first-order valence-corrected chi connectivity index (χ1v) is 4.69. The van der Waals surface area contributed by atoms with Crippen LogP contribution in [0.3, 0.4) is 0 Å². The summed E-state index contributed by atoms with van der Waals surface area (Å²) in [6.45, 7) is 1.45. The molecule has 6 heavy (non-hydrogen) atoms. The Hall–Kier alpha value is 0.430. The molecule has 2 nitrogen and oxygen atoms in total. The van der Waals surface area contributed by atoms with E-state index in [-0.39, 0.29) is 0 Å². The maximum absolute atomic E-state index is 9.86. The Kier molecular flexibility index (Phi) is 2.07. The third-order valence-electron chi connectivity index (χ3n) is 0.282. The quantitative estimate of drug-likeness (QED) is 0.550. The van der Waals surface area contributed by atoms with Crippen LogP contribution in [0.25, 0.3) is 0 Å². The van der Waals surface area contributed by atoms with Crippen LogP contribution < -0.4 is 0 Å². The molecule has 0 rings (SSSR count). The molecule has 0 amide bonds. The third-order valence-corrected chi connectivity index (χ3v) is 1.97. The van der Waals surface area contributed by atoms with Crippen LogP contribution in [0.15, 0.2) is 0 Å². The number of rotatable bonds is 1. The van der Waals surface area contributed by atoms with Crippen molar-refractivity contribution >= 4 is 23.1 Å². The van der Waals surface area contributed by atoms with Crippen molar-refractivity contribution in [1.82, 2.24) is 0 Å². The van der Waals surface area contributed by atoms with Crippen LogP contribution >= 0.6 is 14.8 Å². The Morgan fingerprint density at radius 1 is 1.67 bits per heavy atom. The van der Waals surface area contributed by atoms with Crippen molar-refractivity contribution in [2.24, 2.45) is 0 Å². The highest BCUT2D eigenvalue weighted by Gasteiger charge is 1.95. The highest BCUT2D eigenvalue weighted by molar-refractivity contribution is 9.47. The van der Waals surface area contributed by atoms with Gasteiger partial charge in [-0.15, -0.1) is 0 Å². The summed E-state index contributed by atoms with van der Waals surface area (Å²) in [7, 11) is -2.97. The largest absolute Gasteiger partial charge is 0.217 e. The molecule has 0 N–H and O–H groups in total. The first-order valence-electron chi connectivity index (χ1n) is 1.30. The van der Waals surface area contributed by atoms with E-state index in [1.54, 1.807) is 0 Å². The number of hydrogen-bond acceptors (Lipinski definition) is 2.